The maximum Gasteiger partial charge on any atom is 0.0434 e. The molecular formula is C12H15N. The normalized spacial score (nSPS) is 18.9. The standard InChI is InChI=1S/C12H15N/c1-10-5-7-11(8-6-10)12-4-2-3-9-13-12/h2-4,9,11H,1,5-8H2. The first-order chi connectivity index (χ1) is 6.36. The molecule has 0 N–H and O–H groups in total. The maximum absolute atomic E-state index is 4.40. The lowest BCUT2D eigenvalue weighted by Gasteiger charge is -2.22. The van der Waals surface area contributed by atoms with Gasteiger partial charge in [0.1, 0.15) is 0 Å². The van der Waals surface area contributed by atoms with E-state index in [9.17, 15) is 0 Å². The topological polar surface area (TPSA) is 12.9 Å². The van der Waals surface area contributed by atoms with E-state index in [-0.39, 0.29) is 0 Å². The first kappa shape index (κ1) is 8.49. The fourth-order valence-corrected chi connectivity index (χ4v) is 1.94. The molecule has 1 nitrogen and oxygen atoms in total. The Morgan fingerprint density at radius 3 is 2.62 bits per heavy atom. The molecule has 1 heteroatoms. The Hall–Kier alpha value is -1.11. The first-order valence-electron chi connectivity index (χ1n) is 4.94. The van der Waals surface area contributed by atoms with Crippen LogP contribution in [0.1, 0.15) is 37.3 Å². The van der Waals surface area contributed by atoms with Crippen LogP contribution in [0.25, 0.3) is 0 Å². The molecule has 0 amide bonds. The van der Waals surface area contributed by atoms with Crippen molar-refractivity contribution in [2.45, 2.75) is 31.6 Å². The summed E-state index contributed by atoms with van der Waals surface area (Å²) < 4.78 is 0. The molecule has 2 rings (SSSR count). The van der Waals surface area contributed by atoms with Crippen LogP contribution in [0.4, 0.5) is 0 Å². The zero-order chi connectivity index (χ0) is 9.10. The van der Waals surface area contributed by atoms with Crippen molar-refractivity contribution in [3.05, 3.63) is 42.2 Å². The summed E-state index contributed by atoms with van der Waals surface area (Å²) in [5, 5.41) is 0. The Labute approximate surface area is 79.5 Å². The average Bonchev–Trinajstić information content (AvgIpc) is 2.20. The lowest BCUT2D eigenvalue weighted by molar-refractivity contribution is 0.508. The van der Waals surface area contributed by atoms with Crippen molar-refractivity contribution in [3.8, 4) is 0 Å². The summed E-state index contributed by atoms with van der Waals surface area (Å²) in [6.07, 6.45) is 6.72. The highest BCUT2D eigenvalue weighted by molar-refractivity contribution is 5.13. The maximum atomic E-state index is 4.40. The van der Waals surface area contributed by atoms with E-state index in [0.29, 0.717) is 5.92 Å². The summed E-state index contributed by atoms with van der Waals surface area (Å²) in [4.78, 5) is 4.40. The van der Waals surface area contributed by atoms with Gasteiger partial charge in [-0.05, 0) is 37.8 Å². The van der Waals surface area contributed by atoms with Crippen LogP contribution in [0, 0.1) is 0 Å². The van der Waals surface area contributed by atoms with Crippen LogP contribution in [-0.2, 0) is 0 Å². The third-order valence-electron chi connectivity index (χ3n) is 2.80. The van der Waals surface area contributed by atoms with E-state index >= 15 is 0 Å². The number of rotatable bonds is 1. The zero-order valence-electron chi connectivity index (χ0n) is 7.87. The van der Waals surface area contributed by atoms with E-state index in [2.05, 4.69) is 23.7 Å². The van der Waals surface area contributed by atoms with Gasteiger partial charge < -0.3 is 0 Å². The van der Waals surface area contributed by atoms with Crippen LogP contribution < -0.4 is 0 Å². The fraction of sp³-hybridized carbons (Fsp3) is 0.417. The van der Waals surface area contributed by atoms with Gasteiger partial charge in [-0.3, -0.25) is 4.98 Å². The van der Waals surface area contributed by atoms with Gasteiger partial charge in [-0.2, -0.15) is 0 Å². The summed E-state index contributed by atoms with van der Waals surface area (Å²) in [6, 6.07) is 6.19. The van der Waals surface area contributed by atoms with Gasteiger partial charge in [0.25, 0.3) is 0 Å². The van der Waals surface area contributed by atoms with Crippen molar-refractivity contribution >= 4 is 0 Å². The zero-order valence-corrected chi connectivity index (χ0v) is 7.87. The molecule has 0 spiro atoms. The largest absolute Gasteiger partial charge is 0.261 e. The van der Waals surface area contributed by atoms with E-state index < -0.39 is 0 Å². The molecule has 0 unspecified atom stereocenters. The van der Waals surface area contributed by atoms with E-state index in [0.717, 1.165) is 0 Å². The molecule has 0 atom stereocenters. The van der Waals surface area contributed by atoms with Gasteiger partial charge in [-0.15, -0.1) is 0 Å². The van der Waals surface area contributed by atoms with Crippen molar-refractivity contribution < 1.29 is 0 Å². The molecular weight excluding hydrogens is 158 g/mol. The van der Waals surface area contributed by atoms with E-state index in [1.165, 1.54) is 37.0 Å². The van der Waals surface area contributed by atoms with Gasteiger partial charge >= 0.3 is 0 Å². The number of hydrogen-bond donors (Lipinski definition) is 0. The van der Waals surface area contributed by atoms with Crippen molar-refractivity contribution in [2.24, 2.45) is 0 Å². The molecule has 68 valence electrons. The number of aromatic nitrogens is 1. The van der Waals surface area contributed by atoms with Gasteiger partial charge in [0.15, 0.2) is 0 Å². The number of pyridine rings is 1. The van der Waals surface area contributed by atoms with Crippen LogP contribution >= 0.6 is 0 Å². The lowest BCUT2D eigenvalue weighted by atomic mass is 9.84. The second kappa shape index (κ2) is 3.73. The molecule has 1 fully saturated rings. The molecule has 0 aromatic carbocycles. The molecule has 1 aromatic heterocycles. The Bertz CT molecular complexity index is 279. The third kappa shape index (κ3) is 1.97. The number of nitrogens with zero attached hydrogens (tertiary/aromatic N) is 1. The molecule has 0 radical (unpaired) electrons. The van der Waals surface area contributed by atoms with Crippen molar-refractivity contribution in [2.75, 3.05) is 0 Å². The molecule has 0 aliphatic heterocycles. The highest BCUT2D eigenvalue weighted by Crippen LogP contribution is 2.33. The summed E-state index contributed by atoms with van der Waals surface area (Å²) in [5.74, 6) is 0.673. The molecule has 1 aliphatic carbocycles. The van der Waals surface area contributed by atoms with Gasteiger partial charge in [-0.1, -0.05) is 18.2 Å². The highest BCUT2D eigenvalue weighted by Gasteiger charge is 2.17. The highest BCUT2D eigenvalue weighted by atomic mass is 14.7. The fourth-order valence-electron chi connectivity index (χ4n) is 1.94. The van der Waals surface area contributed by atoms with Crippen LogP contribution in [-0.4, -0.2) is 4.98 Å². The quantitative estimate of drug-likeness (QED) is 0.594. The summed E-state index contributed by atoms with van der Waals surface area (Å²) in [6.45, 7) is 4.02. The minimum atomic E-state index is 0.673. The third-order valence-corrected chi connectivity index (χ3v) is 2.80. The number of hydrogen-bond acceptors (Lipinski definition) is 1. The minimum Gasteiger partial charge on any atom is -0.261 e. The van der Waals surface area contributed by atoms with E-state index in [4.69, 9.17) is 0 Å². The Morgan fingerprint density at radius 1 is 1.23 bits per heavy atom. The predicted molar refractivity (Wildman–Crippen MR) is 54.6 cm³/mol. The Balaban J connectivity index is 2.07. The molecule has 1 aromatic rings. The van der Waals surface area contributed by atoms with Crippen LogP contribution in [0.3, 0.4) is 0 Å². The average molecular weight is 173 g/mol. The SMILES string of the molecule is C=C1CCC(c2ccccn2)CC1. The second-order valence-corrected chi connectivity index (χ2v) is 3.78. The van der Waals surface area contributed by atoms with E-state index in [1.807, 2.05) is 12.3 Å². The van der Waals surface area contributed by atoms with Crippen molar-refractivity contribution in [1.82, 2.24) is 4.98 Å². The molecule has 1 aliphatic rings. The minimum absolute atomic E-state index is 0.673. The van der Waals surface area contributed by atoms with Crippen LogP contribution in [0.15, 0.2) is 36.5 Å². The molecule has 0 bridgehead atoms. The molecule has 13 heavy (non-hydrogen) atoms. The van der Waals surface area contributed by atoms with Gasteiger partial charge in [0.2, 0.25) is 0 Å². The predicted octanol–water partition coefficient (Wildman–Crippen LogP) is 3.30. The second-order valence-electron chi connectivity index (χ2n) is 3.78. The summed E-state index contributed by atoms with van der Waals surface area (Å²) in [5.41, 5.74) is 2.67. The van der Waals surface area contributed by atoms with Crippen LogP contribution in [0.5, 0.6) is 0 Å². The van der Waals surface area contributed by atoms with Crippen LogP contribution in [0.2, 0.25) is 0 Å². The van der Waals surface area contributed by atoms with Gasteiger partial charge in [-0.25, -0.2) is 0 Å². The Morgan fingerprint density at radius 2 is 2.00 bits per heavy atom. The van der Waals surface area contributed by atoms with Gasteiger partial charge in [0, 0.05) is 17.8 Å². The van der Waals surface area contributed by atoms with E-state index in [1.54, 1.807) is 0 Å². The summed E-state index contributed by atoms with van der Waals surface area (Å²) >= 11 is 0. The smallest absolute Gasteiger partial charge is 0.0434 e. The van der Waals surface area contributed by atoms with Gasteiger partial charge in [0.05, 0.1) is 0 Å². The molecule has 1 saturated carbocycles. The van der Waals surface area contributed by atoms with Crippen molar-refractivity contribution in [1.29, 1.82) is 0 Å². The first-order valence-corrected chi connectivity index (χ1v) is 4.94. The lowest BCUT2D eigenvalue weighted by Crippen LogP contribution is -2.07. The molecule has 0 saturated heterocycles. The summed E-state index contributed by atoms with van der Waals surface area (Å²) in [7, 11) is 0. The number of allylic oxidation sites excluding steroid dienone is 1. The Kier molecular flexibility index (Phi) is 2.44. The van der Waals surface area contributed by atoms with Crippen molar-refractivity contribution in [3.63, 3.8) is 0 Å². The molecule has 1 heterocycles. The monoisotopic (exact) mass is 173 g/mol.